The van der Waals surface area contributed by atoms with E-state index >= 15 is 0 Å². The van der Waals surface area contributed by atoms with Gasteiger partial charge in [0.1, 0.15) is 0 Å². The number of nitrogens with one attached hydrogen (secondary N) is 1. The van der Waals surface area contributed by atoms with Gasteiger partial charge in [0.05, 0.1) is 0 Å². The van der Waals surface area contributed by atoms with Crippen molar-refractivity contribution in [2.45, 2.75) is 18.9 Å². The third kappa shape index (κ3) is 2.29. The molecule has 2 heteroatoms. The van der Waals surface area contributed by atoms with Gasteiger partial charge >= 0.3 is 0 Å². The van der Waals surface area contributed by atoms with Crippen molar-refractivity contribution in [1.29, 1.82) is 0 Å². The van der Waals surface area contributed by atoms with E-state index in [9.17, 15) is 0 Å². The predicted molar refractivity (Wildman–Crippen MR) is 86.6 cm³/mol. The van der Waals surface area contributed by atoms with E-state index in [0.29, 0.717) is 12.0 Å². The lowest BCUT2D eigenvalue weighted by Gasteiger charge is -2.44. The third-order valence-corrected chi connectivity index (χ3v) is 4.98. The van der Waals surface area contributed by atoms with Gasteiger partial charge in [0.25, 0.3) is 0 Å². The van der Waals surface area contributed by atoms with Gasteiger partial charge in [0.15, 0.2) is 0 Å². The molecule has 21 heavy (non-hydrogen) atoms. The summed E-state index contributed by atoms with van der Waals surface area (Å²) >= 11 is 0. The second-order valence-electron chi connectivity index (χ2n) is 6.31. The Balaban J connectivity index is 1.79. The number of aryl methyl sites for hydroxylation is 1. The van der Waals surface area contributed by atoms with Gasteiger partial charge in [0.2, 0.25) is 0 Å². The molecule has 108 valence electrons. The molecule has 0 amide bonds. The quantitative estimate of drug-likeness (QED) is 0.862. The zero-order valence-corrected chi connectivity index (χ0v) is 12.5. The van der Waals surface area contributed by atoms with Crippen LogP contribution in [0.15, 0.2) is 48.5 Å². The summed E-state index contributed by atoms with van der Waals surface area (Å²) in [4.78, 5) is 2.66. The molecule has 2 aromatic rings. The molecule has 1 N–H and O–H groups in total. The van der Waals surface area contributed by atoms with Crippen molar-refractivity contribution < 1.29 is 0 Å². The van der Waals surface area contributed by atoms with E-state index in [1.165, 1.54) is 22.3 Å². The lowest BCUT2D eigenvalue weighted by molar-refractivity contribution is 0.143. The summed E-state index contributed by atoms with van der Waals surface area (Å²) in [6.07, 6.45) is 0. The van der Waals surface area contributed by atoms with Gasteiger partial charge in [-0.3, -0.25) is 4.90 Å². The highest BCUT2D eigenvalue weighted by Crippen LogP contribution is 2.39. The van der Waals surface area contributed by atoms with Crippen LogP contribution in [0, 0.1) is 6.92 Å². The summed E-state index contributed by atoms with van der Waals surface area (Å²) < 4.78 is 0. The maximum Gasteiger partial charge on any atom is 0.0476 e. The van der Waals surface area contributed by atoms with Gasteiger partial charge in [-0.2, -0.15) is 0 Å². The number of nitrogens with zero attached hydrogens (tertiary/aromatic N) is 1. The molecule has 2 aliphatic heterocycles. The second kappa shape index (κ2) is 5.28. The average Bonchev–Trinajstić information content (AvgIpc) is 2.55. The Kier molecular flexibility index (Phi) is 3.28. The van der Waals surface area contributed by atoms with E-state index in [1.54, 1.807) is 0 Å². The molecule has 0 saturated carbocycles. The molecule has 0 unspecified atom stereocenters. The van der Waals surface area contributed by atoms with Crippen LogP contribution in [-0.4, -0.2) is 31.1 Å². The van der Waals surface area contributed by atoms with Crippen molar-refractivity contribution in [3.63, 3.8) is 0 Å². The Morgan fingerprint density at radius 1 is 1.00 bits per heavy atom. The molecule has 0 spiro atoms. The Morgan fingerprint density at radius 2 is 1.76 bits per heavy atom. The zero-order chi connectivity index (χ0) is 14.2. The number of piperazine rings is 1. The molecule has 1 fully saturated rings. The van der Waals surface area contributed by atoms with E-state index in [2.05, 4.69) is 65.7 Å². The first-order valence-electron chi connectivity index (χ1n) is 7.93. The van der Waals surface area contributed by atoms with Crippen molar-refractivity contribution in [3.8, 4) is 0 Å². The highest BCUT2D eigenvalue weighted by atomic mass is 15.2. The number of hydrogen-bond donors (Lipinski definition) is 1. The van der Waals surface area contributed by atoms with Gasteiger partial charge in [-0.15, -0.1) is 0 Å². The van der Waals surface area contributed by atoms with Crippen LogP contribution in [0.4, 0.5) is 0 Å². The van der Waals surface area contributed by atoms with Crippen molar-refractivity contribution in [1.82, 2.24) is 10.2 Å². The Bertz CT molecular complexity index is 632. The molecule has 2 heterocycles. The third-order valence-electron chi connectivity index (χ3n) is 4.98. The Hall–Kier alpha value is -1.64. The monoisotopic (exact) mass is 278 g/mol. The van der Waals surface area contributed by atoms with Crippen LogP contribution in [0.25, 0.3) is 0 Å². The van der Waals surface area contributed by atoms with Crippen molar-refractivity contribution >= 4 is 0 Å². The minimum atomic E-state index is 0.510. The molecular formula is C19H22N2. The number of benzene rings is 2. The minimum absolute atomic E-state index is 0.510. The summed E-state index contributed by atoms with van der Waals surface area (Å²) in [6, 6.07) is 18.7. The fourth-order valence-electron chi connectivity index (χ4n) is 3.82. The van der Waals surface area contributed by atoms with Crippen molar-refractivity contribution in [2.24, 2.45) is 0 Å². The van der Waals surface area contributed by atoms with Crippen molar-refractivity contribution in [2.75, 3.05) is 26.2 Å². The van der Waals surface area contributed by atoms with E-state index < -0.39 is 0 Å². The zero-order valence-electron chi connectivity index (χ0n) is 12.5. The van der Waals surface area contributed by atoms with Crippen LogP contribution in [-0.2, 0) is 0 Å². The maximum atomic E-state index is 3.55. The Morgan fingerprint density at radius 3 is 2.57 bits per heavy atom. The molecule has 0 aliphatic carbocycles. The topological polar surface area (TPSA) is 15.3 Å². The minimum Gasteiger partial charge on any atom is -0.314 e. The molecular weight excluding hydrogens is 256 g/mol. The first kappa shape index (κ1) is 13.1. The van der Waals surface area contributed by atoms with E-state index in [0.717, 1.165) is 26.2 Å². The summed E-state index contributed by atoms with van der Waals surface area (Å²) in [7, 11) is 0. The van der Waals surface area contributed by atoms with E-state index in [4.69, 9.17) is 0 Å². The second-order valence-corrected chi connectivity index (χ2v) is 6.31. The van der Waals surface area contributed by atoms with E-state index in [1.807, 2.05) is 0 Å². The standard InChI is InChI=1S/C19H22N2/c1-14-6-8-15(9-7-14)18-13-21-11-10-20-12-19(21)17-5-3-2-4-16(17)18/h2-9,18-20H,10-13H2,1H3/t18-,19+/m1/s1. The maximum absolute atomic E-state index is 3.55. The van der Waals surface area contributed by atoms with Gasteiger partial charge < -0.3 is 5.32 Å². The largest absolute Gasteiger partial charge is 0.314 e. The van der Waals surface area contributed by atoms with Crippen molar-refractivity contribution in [3.05, 3.63) is 70.8 Å². The normalized spacial score (nSPS) is 25.2. The Labute approximate surface area is 126 Å². The summed E-state index contributed by atoms with van der Waals surface area (Å²) in [5.74, 6) is 0.510. The van der Waals surface area contributed by atoms with Crippen LogP contribution in [0.3, 0.4) is 0 Å². The number of fused-ring (bicyclic) bond motifs is 3. The van der Waals surface area contributed by atoms with Gasteiger partial charge in [-0.05, 0) is 23.6 Å². The lowest BCUT2D eigenvalue weighted by Crippen LogP contribution is -2.50. The lowest BCUT2D eigenvalue weighted by atomic mass is 9.80. The molecule has 1 saturated heterocycles. The first-order chi connectivity index (χ1) is 10.3. The average molecular weight is 278 g/mol. The summed E-state index contributed by atoms with van der Waals surface area (Å²) in [6.45, 7) is 6.65. The SMILES string of the molecule is Cc1ccc([C@H]2CN3CCNC[C@H]3c3ccccc32)cc1. The number of rotatable bonds is 1. The summed E-state index contributed by atoms with van der Waals surface area (Å²) in [5.41, 5.74) is 5.82. The molecule has 2 aliphatic rings. The molecule has 2 aromatic carbocycles. The molecule has 2 nitrogen and oxygen atoms in total. The van der Waals surface area contributed by atoms with Gasteiger partial charge in [-0.25, -0.2) is 0 Å². The highest BCUT2D eigenvalue weighted by molar-refractivity contribution is 5.43. The van der Waals surface area contributed by atoms with Gasteiger partial charge in [-0.1, -0.05) is 54.1 Å². The highest BCUT2D eigenvalue weighted by Gasteiger charge is 2.34. The van der Waals surface area contributed by atoms with Crippen LogP contribution in [0.2, 0.25) is 0 Å². The van der Waals surface area contributed by atoms with Crippen LogP contribution in [0.1, 0.15) is 34.2 Å². The van der Waals surface area contributed by atoms with Crippen LogP contribution in [0.5, 0.6) is 0 Å². The van der Waals surface area contributed by atoms with Gasteiger partial charge in [0, 0.05) is 38.1 Å². The molecule has 0 bridgehead atoms. The summed E-state index contributed by atoms with van der Waals surface area (Å²) in [5, 5.41) is 3.55. The smallest absolute Gasteiger partial charge is 0.0476 e. The molecule has 0 aromatic heterocycles. The first-order valence-corrected chi connectivity index (χ1v) is 7.93. The van der Waals surface area contributed by atoms with Crippen LogP contribution < -0.4 is 5.32 Å². The molecule has 0 radical (unpaired) electrons. The molecule has 2 atom stereocenters. The fraction of sp³-hybridized carbons (Fsp3) is 0.368. The fourth-order valence-corrected chi connectivity index (χ4v) is 3.82. The predicted octanol–water partition coefficient (Wildman–Crippen LogP) is 3.09. The van der Waals surface area contributed by atoms with Crippen LogP contribution >= 0.6 is 0 Å². The number of hydrogen-bond acceptors (Lipinski definition) is 2. The van der Waals surface area contributed by atoms with E-state index in [-0.39, 0.29) is 0 Å². The molecule has 4 rings (SSSR count).